The first-order valence-corrected chi connectivity index (χ1v) is 7.35. The van der Waals surface area contributed by atoms with Crippen molar-refractivity contribution in [3.8, 4) is 0 Å². The van der Waals surface area contributed by atoms with Crippen molar-refractivity contribution in [3.63, 3.8) is 0 Å². The third kappa shape index (κ3) is 3.46. The van der Waals surface area contributed by atoms with Gasteiger partial charge in [-0.15, -0.1) is 0 Å². The lowest BCUT2D eigenvalue weighted by atomic mass is 10.0. The van der Waals surface area contributed by atoms with Crippen LogP contribution < -0.4 is 5.32 Å². The van der Waals surface area contributed by atoms with Gasteiger partial charge in [-0.1, -0.05) is 19.1 Å². The molecule has 3 unspecified atom stereocenters. The predicted octanol–water partition coefficient (Wildman–Crippen LogP) is 3.76. The average Bonchev–Trinajstić information content (AvgIpc) is 2.33. The van der Waals surface area contributed by atoms with Gasteiger partial charge < -0.3 is 5.32 Å². The zero-order valence-electron chi connectivity index (χ0n) is 10.4. The molecule has 1 fully saturated rings. The number of benzene rings is 1. The summed E-state index contributed by atoms with van der Waals surface area (Å²) in [7, 11) is 0. The van der Waals surface area contributed by atoms with Crippen LogP contribution in [0, 0.1) is 5.82 Å². The van der Waals surface area contributed by atoms with Crippen molar-refractivity contribution in [1.82, 2.24) is 5.32 Å². The molecule has 0 aliphatic carbocycles. The van der Waals surface area contributed by atoms with Gasteiger partial charge in [-0.3, -0.25) is 0 Å². The Morgan fingerprint density at radius 3 is 2.71 bits per heavy atom. The molecule has 3 atom stereocenters. The number of hydrogen-bond donors (Lipinski definition) is 1. The molecule has 1 aromatic rings. The molecule has 1 heterocycles. The Labute approximate surface area is 107 Å². The van der Waals surface area contributed by atoms with E-state index < -0.39 is 0 Å². The summed E-state index contributed by atoms with van der Waals surface area (Å²) in [6.45, 7) is 4.44. The minimum absolute atomic E-state index is 0.164. The van der Waals surface area contributed by atoms with Crippen LogP contribution in [0.25, 0.3) is 0 Å². The summed E-state index contributed by atoms with van der Waals surface area (Å²) in [5, 5.41) is 4.33. The molecule has 1 saturated heterocycles. The lowest BCUT2D eigenvalue weighted by molar-refractivity contribution is 0.417. The third-order valence-electron chi connectivity index (χ3n) is 3.44. The van der Waals surface area contributed by atoms with E-state index in [1.165, 1.54) is 30.7 Å². The van der Waals surface area contributed by atoms with E-state index in [4.69, 9.17) is 0 Å². The summed E-state index contributed by atoms with van der Waals surface area (Å²) in [6, 6.07) is 7.68. The molecule has 0 saturated carbocycles. The monoisotopic (exact) mass is 253 g/mol. The van der Waals surface area contributed by atoms with Gasteiger partial charge in [0.15, 0.2) is 0 Å². The molecule has 1 aromatic carbocycles. The average molecular weight is 253 g/mol. The fourth-order valence-corrected chi connectivity index (χ4v) is 3.46. The normalized spacial score (nSPS) is 26.8. The molecule has 94 valence electrons. The maximum absolute atomic E-state index is 12.8. The van der Waals surface area contributed by atoms with Crippen LogP contribution in [-0.2, 0) is 0 Å². The van der Waals surface area contributed by atoms with Gasteiger partial charge in [0.1, 0.15) is 5.82 Å². The van der Waals surface area contributed by atoms with Gasteiger partial charge in [-0.05, 0) is 43.2 Å². The third-order valence-corrected chi connectivity index (χ3v) is 4.82. The minimum atomic E-state index is -0.164. The smallest absolute Gasteiger partial charge is 0.123 e. The molecule has 17 heavy (non-hydrogen) atoms. The standard InChI is InChI=1S/C14H20FNS/c1-10(12-5-7-13(15)8-6-12)16-14-4-3-9-17-11(14)2/h5-8,10-11,14,16H,3-4,9H2,1-2H3. The highest BCUT2D eigenvalue weighted by atomic mass is 32.2. The Morgan fingerprint density at radius 2 is 2.06 bits per heavy atom. The Bertz CT molecular complexity index is 352. The topological polar surface area (TPSA) is 12.0 Å². The van der Waals surface area contributed by atoms with Crippen molar-refractivity contribution >= 4 is 11.8 Å². The lowest BCUT2D eigenvalue weighted by Crippen LogP contribution is -2.40. The number of rotatable bonds is 3. The van der Waals surface area contributed by atoms with Crippen molar-refractivity contribution in [1.29, 1.82) is 0 Å². The van der Waals surface area contributed by atoms with Crippen LogP contribution in [-0.4, -0.2) is 17.0 Å². The van der Waals surface area contributed by atoms with Gasteiger partial charge >= 0.3 is 0 Å². The summed E-state index contributed by atoms with van der Waals surface area (Å²) in [5.74, 6) is 1.12. The first-order chi connectivity index (χ1) is 8.16. The molecule has 1 aliphatic rings. The second-order valence-electron chi connectivity index (χ2n) is 4.76. The number of halogens is 1. The molecule has 3 heteroatoms. The first kappa shape index (κ1) is 12.9. The predicted molar refractivity (Wildman–Crippen MR) is 72.9 cm³/mol. The summed E-state index contributed by atoms with van der Waals surface area (Å²) in [4.78, 5) is 0. The molecule has 0 bridgehead atoms. The molecule has 0 spiro atoms. The van der Waals surface area contributed by atoms with Crippen molar-refractivity contribution in [2.24, 2.45) is 0 Å². The van der Waals surface area contributed by atoms with E-state index in [2.05, 4.69) is 19.2 Å². The Kier molecular flexibility index (Phi) is 4.46. The molecule has 1 aliphatic heterocycles. The van der Waals surface area contributed by atoms with Crippen LogP contribution in [0.15, 0.2) is 24.3 Å². The number of nitrogens with one attached hydrogen (secondary N) is 1. The highest BCUT2D eigenvalue weighted by Gasteiger charge is 2.23. The lowest BCUT2D eigenvalue weighted by Gasteiger charge is -2.32. The van der Waals surface area contributed by atoms with Crippen LogP contribution in [0.1, 0.15) is 38.3 Å². The number of hydrogen-bond acceptors (Lipinski definition) is 2. The molecular weight excluding hydrogens is 233 g/mol. The maximum Gasteiger partial charge on any atom is 0.123 e. The van der Waals surface area contributed by atoms with E-state index in [9.17, 15) is 4.39 Å². The van der Waals surface area contributed by atoms with E-state index in [0.29, 0.717) is 17.3 Å². The van der Waals surface area contributed by atoms with E-state index in [-0.39, 0.29) is 5.82 Å². The van der Waals surface area contributed by atoms with Gasteiger partial charge in [-0.25, -0.2) is 4.39 Å². The van der Waals surface area contributed by atoms with Crippen LogP contribution >= 0.6 is 11.8 Å². The Hall–Kier alpha value is -0.540. The second kappa shape index (κ2) is 5.87. The van der Waals surface area contributed by atoms with Crippen LogP contribution in [0.5, 0.6) is 0 Å². The highest BCUT2D eigenvalue weighted by molar-refractivity contribution is 7.99. The van der Waals surface area contributed by atoms with Crippen molar-refractivity contribution in [3.05, 3.63) is 35.6 Å². The Balaban J connectivity index is 1.95. The Morgan fingerprint density at radius 1 is 1.35 bits per heavy atom. The van der Waals surface area contributed by atoms with Crippen molar-refractivity contribution < 1.29 is 4.39 Å². The van der Waals surface area contributed by atoms with Crippen molar-refractivity contribution in [2.75, 3.05) is 5.75 Å². The molecule has 1 nitrogen and oxygen atoms in total. The zero-order chi connectivity index (χ0) is 12.3. The van der Waals surface area contributed by atoms with E-state index in [0.717, 1.165) is 5.56 Å². The van der Waals surface area contributed by atoms with Gasteiger partial charge in [0.2, 0.25) is 0 Å². The number of thioether (sulfide) groups is 1. The van der Waals surface area contributed by atoms with Gasteiger partial charge in [0, 0.05) is 17.3 Å². The minimum Gasteiger partial charge on any atom is -0.306 e. The van der Waals surface area contributed by atoms with E-state index in [1.807, 2.05) is 23.9 Å². The van der Waals surface area contributed by atoms with Gasteiger partial charge in [0.05, 0.1) is 0 Å². The summed E-state index contributed by atoms with van der Waals surface area (Å²) >= 11 is 2.04. The van der Waals surface area contributed by atoms with Gasteiger partial charge in [0.25, 0.3) is 0 Å². The SMILES string of the molecule is CC(NC1CCCSC1C)c1ccc(F)cc1. The van der Waals surface area contributed by atoms with Crippen LogP contribution in [0.3, 0.4) is 0 Å². The second-order valence-corrected chi connectivity index (χ2v) is 6.25. The molecular formula is C14H20FNS. The molecule has 0 aromatic heterocycles. The molecule has 2 rings (SSSR count). The van der Waals surface area contributed by atoms with Gasteiger partial charge in [-0.2, -0.15) is 11.8 Å². The zero-order valence-corrected chi connectivity index (χ0v) is 11.3. The molecule has 1 N–H and O–H groups in total. The first-order valence-electron chi connectivity index (χ1n) is 6.30. The summed E-state index contributed by atoms with van der Waals surface area (Å²) in [5.41, 5.74) is 1.16. The summed E-state index contributed by atoms with van der Waals surface area (Å²) < 4.78 is 12.8. The highest BCUT2D eigenvalue weighted by Crippen LogP contribution is 2.27. The van der Waals surface area contributed by atoms with Crippen LogP contribution in [0.2, 0.25) is 0 Å². The fraction of sp³-hybridized carbons (Fsp3) is 0.571. The van der Waals surface area contributed by atoms with Crippen molar-refractivity contribution in [2.45, 2.75) is 44.0 Å². The van der Waals surface area contributed by atoms with E-state index in [1.54, 1.807) is 0 Å². The largest absolute Gasteiger partial charge is 0.306 e. The fourth-order valence-electron chi connectivity index (χ4n) is 2.31. The maximum atomic E-state index is 12.8. The quantitative estimate of drug-likeness (QED) is 0.880. The van der Waals surface area contributed by atoms with E-state index >= 15 is 0 Å². The van der Waals surface area contributed by atoms with Crippen LogP contribution in [0.4, 0.5) is 4.39 Å². The summed E-state index contributed by atoms with van der Waals surface area (Å²) in [6.07, 6.45) is 2.54. The molecule has 0 radical (unpaired) electrons. The molecule has 0 amide bonds.